The van der Waals surface area contributed by atoms with Gasteiger partial charge in [0, 0.05) is 24.7 Å². The fourth-order valence-electron chi connectivity index (χ4n) is 2.40. The molecule has 0 radical (unpaired) electrons. The van der Waals surface area contributed by atoms with Crippen LogP contribution in [0.3, 0.4) is 0 Å². The molecule has 0 aromatic heterocycles. The molecule has 1 heterocycles. The maximum atomic E-state index is 13.3. The molecular weight excluding hydrogens is 259 g/mol. The van der Waals surface area contributed by atoms with Gasteiger partial charge < -0.3 is 9.80 Å². The van der Waals surface area contributed by atoms with Crippen LogP contribution in [0.15, 0.2) is 24.3 Å². The summed E-state index contributed by atoms with van der Waals surface area (Å²) in [6.45, 7) is 6.22. The number of nitrogens with zero attached hydrogens (tertiary/aromatic N) is 2. The van der Waals surface area contributed by atoms with Crippen molar-refractivity contribution < 1.29 is 14.0 Å². The first-order valence-corrected chi connectivity index (χ1v) is 6.79. The van der Waals surface area contributed by atoms with E-state index < -0.39 is 6.04 Å². The molecule has 1 atom stereocenters. The molecule has 0 aliphatic carbocycles. The van der Waals surface area contributed by atoms with Crippen LogP contribution in [-0.4, -0.2) is 35.8 Å². The van der Waals surface area contributed by atoms with Crippen molar-refractivity contribution in [3.8, 4) is 0 Å². The Hall–Kier alpha value is -1.91. The summed E-state index contributed by atoms with van der Waals surface area (Å²) in [7, 11) is 0. The molecule has 0 bridgehead atoms. The lowest BCUT2D eigenvalue weighted by Gasteiger charge is -2.39. The Bertz CT molecular complexity index is 530. The topological polar surface area (TPSA) is 40.6 Å². The molecule has 0 N–H and O–H groups in total. The molecule has 1 aliphatic heterocycles. The van der Waals surface area contributed by atoms with Gasteiger partial charge >= 0.3 is 0 Å². The number of piperazine rings is 1. The third kappa shape index (κ3) is 2.66. The molecule has 0 saturated carbocycles. The maximum absolute atomic E-state index is 13.3. The van der Waals surface area contributed by atoms with E-state index in [1.54, 1.807) is 24.0 Å². The predicted molar refractivity (Wildman–Crippen MR) is 74.8 cm³/mol. The molecule has 4 nitrogen and oxygen atoms in total. The maximum Gasteiger partial charge on any atom is 0.249 e. The SMILES string of the molecule is CC(C)C(=O)N1CCN(c2cccc(F)c2)C(=O)[C@@H]1C. The molecule has 5 heteroatoms. The first-order valence-electron chi connectivity index (χ1n) is 6.79. The molecule has 1 saturated heterocycles. The minimum Gasteiger partial charge on any atom is -0.329 e. The predicted octanol–water partition coefficient (Wildman–Crippen LogP) is 2.05. The Morgan fingerprint density at radius 2 is 2.05 bits per heavy atom. The Kier molecular flexibility index (Phi) is 4.06. The average Bonchev–Trinajstić information content (AvgIpc) is 2.41. The molecule has 0 spiro atoms. The highest BCUT2D eigenvalue weighted by atomic mass is 19.1. The van der Waals surface area contributed by atoms with Gasteiger partial charge in [0.25, 0.3) is 0 Å². The van der Waals surface area contributed by atoms with Crippen LogP contribution in [-0.2, 0) is 9.59 Å². The van der Waals surface area contributed by atoms with Crippen LogP contribution in [0.1, 0.15) is 20.8 Å². The molecule has 0 unspecified atom stereocenters. The lowest BCUT2D eigenvalue weighted by atomic mass is 10.1. The van der Waals surface area contributed by atoms with Gasteiger partial charge in [-0.05, 0) is 25.1 Å². The normalized spacial score (nSPS) is 19.6. The number of hydrogen-bond acceptors (Lipinski definition) is 2. The highest BCUT2D eigenvalue weighted by molar-refractivity contribution is 6.00. The van der Waals surface area contributed by atoms with E-state index in [-0.39, 0.29) is 23.5 Å². The largest absolute Gasteiger partial charge is 0.329 e. The van der Waals surface area contributed by atoms with E-state index in [0.717, 1.165) is 0 Å². The van der Waals surface area contributed by atoms with E-state index in [2.05, 4.69) is 0 Å². The van der Waals surface area contributed by atoms with Crippen LogP contribution in [0.25, 0.3) is 0 Å². The van der Waals surface area contributed by atoms with Crippen molar-refractivity contribution in [2.24, 2.45) is 5.92 Å². The van der Waals surface area contributed by atoms with Crippen molar-refractivity contribution in [2.45, 2.75) is 26.8 Å². The lowest BCUT2D eigenvalue weighted by molar-refractivity contribution is -0.143. The Morgan fingerprint density at radius 1 is 1.35 bits per heavy atom. The van der Waals surface area contributed by atoms with Crippen LogP contribution < -0.4 is 4.90 Å². The second-order valence-electron chi connectivity index (χ2n) is 5.33. The molecule has 1 fully saturated rings. The summed E-state index contributed by atoms with van der Waals surface area (Å²) >= 11 is 0. The molecule has 1 aromatic carbocycles. The summed E-state index contributed by atoms with van der Waals surface area (Å²) in [4.78, 5) is 27.6. The van der Waals surface area contributed by atoms with Crippen LogP contribution in [0, 0.1) is 11.7 Å². The van der Waals surface area contributed by atoms with Crippen molar-refractivity contribution in [1.82, 2.24) is 4.90 Å². The molecule has 1 aliphatic rings. The van der Waals surface area contributed by atoms with Crippen molar-refractivity contribution in [3.05, 3.63) is 30.1 Å². The fraction of sp³-hybridized carbons (Fsp3) is 0.467. The first-order chi connectivity index (χ1) is 9.41. The molecule has 1 aromatic rings. The van der Waals surface area contributed by atoms with Crippen LogP contribution in [0.2, 0.25) is 0 Å². The van der Waals surface area contributed by atoms with Gasteiger partial charge in [0.15, 0.2) is 0 Å². The van der Waals surface area contributed by atoms with Gasteiger partial charge in [-0.2, -0.15) is 0 Å². The van der Waals surface area contributed by atoms with Gasteiger partial charge in [0.2, 0.25) is 11.8 Å². The smallest absolute Gasteiger partial charge is 0.249 e. The quantitative estimate of drug-likeness (QED) is 0.830. The number of anilines is 1. The zero-order valence-electron chi connectivity index (χ0n) is 12.0. The zero-order valence-corrected chi connectivity index (χ0v) is 12.0. The number of carbonyl (C=O) groups excluding carboxylic acids is 2. The standard InChI is InChI=1S/C15H19FN2O2/c1-10(2)14(19)17-7-8-18(15(20)11(17)3)13-6-4-5-12(16)9-13/h4-6,9-11H,7-8H2,1-3H3/t11-/m0/s1. The fourth-order valence-corrected chi connectivity index (χ4v) is 2.40. The van der Waals surface area contributed by atoms with E-state index >= 15 is 0 Å². The average molecular weight is 278 g/mol. The van der Waals surface area contributed by atoms with Gasteiger partial charge in [-0.1, -0.05) is 19.9 Å². The van der Waals surface area contributed by atoms with Crippen molar-refractivity contribution in [1.29, 1.82) is 0 Å². The third-order valence-corrected chi connectivity index (χ3v) is 3.55. The number of halogens is 1. The number of amides is 2. The van der Waals surface area contributed by atoms with E-state index in [1.807, 2.05) is 13.8 Å². The summed E-state index contributed by atoms with van der Waals surface area (Å²) < 4.78 is 13.3. The Morgan fingerprint density at radius 3 is 2.65 bits per heavy atom. The van der Waals surface area contributed by atoms with Crippen LogP contribution >= 0.6 is 0 Å². The summed E-state index contributed by atoms with van der Waals surface area (Å²) in [6, 6.07) is 5.45. The van der Waals surface area contributed by atoms with Gasteiger partial charge in [-0.3, -0.25) is 9.59 Å². The second kappa shape index (κ2) is 5.61. The molecule has 20 heavy (non-hydrogen) atoms. The van der Waals surface area contributed by atoms with Crippen molar-refractivity contribution in [3.63, 3.8) is 0 Å². The number of benzene rings is 1. The molecule has 2 amide bonds. The summed E-state index contributed by atoms with van der Waals surface area (Å²) in [6.07, 6.45) is 0. The lowest BCUT2D eigenvalue weighted by Crippen LogP contribution is -2.58. The van der Waals surface area contributed by atoms with Crippen LogP contribution in [0.5, 0.6) is 0 Å². The summed E-state index contributed by atoms with van der Waals surface area (Å²) in [5, 5.41) is 0. The minimum absolute atomic E-state index is 0.0234. The monoisotopic (exact) mass is 278 g/mol. The van der Waals surface area contributed by atoms with E-state index in [1.165, 1.54) is 17.0 Å². The Labute approximate surface area is 118 Å². The van der Waals surface area contributed by atoms with Gasteiger partial charge in [0.05, 0.1) is 0 Å². The Balaban J connectivity index is 2.19. The third-order valence-electron chi connectivity index (χ3n) is 3.55. The van der Waals surface area contributed by atoms with E-state index in [9.17, 15) is 14.0 Å². The van der Waals surface area contributed by atoms with Crippen molar-refractivity contribution in [2.75, 3.05) is 18.0 Å². The first kappa shape index (κ1) is 14.5. The van der Waals surface area contributed by atoms with Gasteiger partial charge in [0.1, 0.15) is 11.9 Å². The second-order valence-corrected chi connectivity index (χ2v) is 5.33. The minimum atomic E-state index is -0.512. The van der Waals surface area contributed by atoms with Gasteiger partial charge in [-0.15, -0.1) is 0 Å². The molecular formula is C15H19FN2O2. The summed E-state index contributed by atoms with van der Waals surface area (Å²) in [5.41, 5.74) is 0.540. The number of hydrogen-bond donors (Lipinski definition) is 0. The van der Waals surface area contributed by atoms with Gasteiger partial charge in [-0.25, -0.2) is 4.39 Å². The molecule has 108 valence electrons. The zero-order chi connectivity index (χ0) is 14.9. The van der Waals surface area contributed by atoms with E-state index in [0.29, 0.717) is 18.8 Å². The van der Waals surface area contributed by atoms with Crippen LogP contribution in [0.4, 0.5) is 10.1 Å². The van der Waals surface area contributed by atoms with Crippen molar-refractivity contribution >= 4 is 17.5 Å². The number of rotatable bonds is 2. The van der Waals surface area contributed by atoms with E-state index in [4.69, 9.17) is 0 Å². The highest BCUT2D eigenvalue weighted by Gasteiger charge is 2.35. The molecule has 2 rings (SSSR count). The number of carbonyl (C=O) groups is 2. The summed E-state index contributed by atoms with van der Waals surface area (Å²) in [5.74, 6) is -0.699. The highest BCUT2D eigenvalue weighted by Crippen LogP contribution is 2.22.